The molecule has 98 valence electrons. The van der Waals surface area contributed by atoms with Crippen LogP contribution in [0.5, 0.6) is 0 Å². The van der Waals surface area contributed by atoms with Crippen LogP contribution < -0.4 is 5.32 Å². The predicted octanol–water partition coefficient (Wildman–Crippen LogP) is 2.48. The van der Waals surface area contributed by atoms with E-state index >= 15 is 0 Å². The highest BCUT2D eigenvalue weighted by molar-refractivity contribution is 6.34. The van der Waals surface area contributed by atoms with E-state index in [1.807, 2.05) is 0 Å². The van der Waals surface area contributed by atoms with E-state index < -0.39 is 4.92 Å². The van der Waals surface area contributed by atoms with Crippen molar-refractivity contribution >= 4 is 28.9 Å². The van der Waals surface area contributed by atoms with Gasteiger partial charge in [0.25, 0.3) is 11.6 Å². The van der Waals surface area contributed by atoms with E-state index in [-0.39, 0.29) is 11.6 Å². The molecule has 0 fully saturated rings. The molecule has 0 spiro atoms. The van der Waals surface area contributed by atoms with Gasteiger partial charge in [-0.15, -0.1) is 0 Å². The molecule has 0 bridgehead atoms. The Kier molecular flexibility index (Phi) is 2.76. The quantitative estimate of drug-likeness (QED) is 0.514. The zero-order valence-electron chi connectivity index (χ0n) is 10.2. The first-order valence-electron chi connectivity index (χ1n) is 5.88. The van der Waals surface area contributed by atoms with Gasteiger partial charge < -0.3 is 5.32 Å². The summed E-state index contributed by atoms with van der Waals surface area (Å²) in [7, 11) is 0. The van der Waals surface area contributed by atoms with Crippen molar-refractivity contribution in [2.75, 3.05) is 5.32 Å². The van der Waals surface area contributed by atoms with Gasteiger partial charge in [-0.05, 0) is 24.3 Å². The van der Waals surface area contributed by atoms with E-state index in [0.717, 1.165) is 0 Å². The van der Waals surface area contributed by atoms with Gasteiger partial charge in [-0.25, -0.2) is 0 Å². The summed E-state index contributed by atoms with van der Waals surface area (Å²) < 4.78 is 0. The molecule has 20 heavy (non-hydrogen) atoms. The summed E-state index contributed by atoms with van der Waals surface area (Å²) in [5, 5.41) is 13.5. The molecule has 1 aliphatic rings. The summed E-state index contributed by atoms with van der Waals surface area (Å²) in [5.74, 6) is -0.286. The topological polar surface area (TPSA) is 85.1 Å². The molecular weight excluding hydrogens is 258 g/mol. The van der Waals surface area contributed by atoms with Gasteiger partial charge in [-0.1, -0.05) is 6.07 Å². The second kappa shape index (κ2) is 4.58. The van der Waals surface area contributed by atoms with E-state index in [4.69, 9.17) is 0 Å². The number of carbonyl (C=O) groups excluding carboxylic acids is 1. The largest absolute Gasteiger partial charge is 0.321 e. The number of nitrogens with zero attached hydrogens (tertiary/aromatic N) is 2. The molecule has 1 aromatic heterocycles. The van der Waals surface area contributed by atoms with Crippen molar-refractivity contribution in [3.63, 3.8) is 0 Å². The van der Waals surface area contributed by atoms with E-state index in [1.54, 1.807) is 30.5 Å². The molecule has 2 aromatic rings. The molecule has 0 unspecified atom stereocenters. The van der Waals surface area contributed by atoms with E-state index in [0.29, 0.717) is 22.5 Å². The number of nitro benzene ring substituents is 1. The molecule has 0 saturated carbocycles. The van der Waals surface area contributed by atoms with Crippen molar-refractivity contribution in [1.29, 1.82) is 0 Å². The van der Waals surface area contributed by atoms with Crippen LogP contribution in [-0.4, -0.2) is 15.8 Å². The number of hydrogen-bond acceptors (Lipinski definition) is 4. The lowest BCUT2D eigenvalue weighted by Gasteiger charge is -1.98. The maximum absolute atomic E-state index is 11.9. The van der Waals surface area contributed by atoms with Crippen molar-refractivity contribution in [2.24, 2.45) is 0 Å². The fraction of sp³-hybridized carbons (Fsp3) is 0. The minimum Gasteiger partial charge on any atom is -0.321 e. The lowest BCUT2D eigenvalue weighted by atomic mass is 10.1. The van der Waals surface area contributed by atoms with Crippen LogP contribution in [0.3, 0.4) is 0 Å². The Hall–Kier alpha value is -3.02. The van der Waals surface area contributed by atoms with Crippen molar-refractivity contribution in [2.45, 2.75) is 0 Å². The number of nitrogens with one attached hydrogen (secondary N) is 1. The second-order valence-corrected chi connectivity index (χ2v) is 4.25. The zero-order valence-corrected chi connectivity index (χ0v) is 10.2. The molecule has 2 heterocycles. The van der Waals surface area contributed by atoms with Crippen molar-refractivity contribution in [3.05, 3.63) is 64.0 Å². The van der Waals surface area contributed by atoms with Gasteiger partial charge in [0.2, 0.25) is 0 Å². The third kappa shape index (κ3) is 2.03. The molecule has 0 radical (unpaired) electrons. The maximum atomic E-state index is 11.9. The zero-order chi connectivity index (χ0) is 14.1. The number of anilines is 1. The molecule has 6 heteroatoms. The normalized spacial score (nSPS) is 15.0. The number of nitro groups is 1. The maximum Gasteiger partial charge on any atom is 0.270 e. The van der Waals surface area contributed by atoms with Gasteiger partial charge in [0.1, 0.15) is 0 Å². The summed E-state index contributed by atoms with van der Waals surface area (Å²) in [6, 6.07) is 9.63. The first kappa shape index (κ1) is 12.0. The van der Waals surface area contributed by atoms with Crippen LogP contribution in [0.4, 0.5) is 11.4 Å². The van der Waals surface area contributed by atoms with Gasteiger partial charge in [-0.3, -0.25) is 19.9 Å². The van der Waals surface area contributed by atoms with Gasteiger partial charge >= 0.3 is 0 Å². The lowest BCUT2D eigenvalue weighted by Crippen LogP contribution is -2.03. The number of aromatic nitrogens is 1. The van der Waals surface area contributed by atoms with Gasteiger partial charge in [0, 0.05) is 29.6 Å². The highest BCUT2D eigenvalue weighted by atomic mass is 16.6. The number of amides is 1. The summed E-state index contributed by atoms with van der Waals surface area (Å²) in [5.41, 5.74) is 2.05. The van der Waals surface area contributed by atoms with Crippen LogP contribution in [0.2, 0.25) is 0 Å². The van der Waals surface area contributed by atoms with E-state index in [9.17, 15) is 14.9 Å². The Balaban J connectivity index is 2.11. The molecule has 0 aliphatic carbocycles. The van der Waals surface area contributed by atoms with Gasteiger partial charge in [0.15, 0.2) is 0 Å². The molecule has 1 amide bonds. The van der Waals surface area contributed by atoms with Crippen LogP contribution >= 0.6 is 0 Å². The fourth-order valence-corrected chi connectivity index (χ4v) is 2.04. The molecule has 1 aliphatic heterocycles. The highest BCUT2D eigenvalue weighted by Gasteiger charge is 2.26. The highest BCUT2D eigenvalue weighted by Crippen LogP contribution is 2.35. The number of benzene rings is 1. The van der Waals surface area contributed by atoms with Crippen molar-refractivity contribution in [1.82, 2.24) is 4.98 Å². The number of fused-ring (bicyclic) bond motifs is 1. The van der Waals surface area contributed by atoms with Crippen molar-refractivity contribution in [3.8, 4) is 0 Å². The first-order chi connectivity index (χ1) is 9.65. The lowest BCUT2D eigenvalue weighted by molar-refractivity contribution is -0.384. The summed E-state index contributed by atoms with van der Waals surface area (Å²) in [4.78, 5) is 26.4. The summed E-state index contributed by atoms with van der Waals surface area (Å²) in [6.45, 7) is 0. The van der Waals surface area contributed by atoms with E-state index in [1.165, 1.54) is 18.2 Å². The predicted molar refractivity (Wildman–Crippen MR) is 73.8 cm³/mol. The Bertz CT molecular complexity index is 739. The molecule has 1 aromatic carbocycles. The third-order valence-corrected chi connectivity index (χ3v) is 2.98. The number of carbonyl (C=O) groups is 1. The Morgan fingerprint density at radius 1 is 1.25 bits per heavy atom. The molecular formula is C14H9N3O3. The average molecular weight is 267 g/mol. The second-order valence-electron chi connectivity index (χ2n) is 4.25. The number of hydrogen-bond donors (Lipinski definition) is 1. The number of rotatable bonds is 2. The summed E-state index contributed by atoms with van der Waals surface area (Å²) in [6.07, 6.45) is 3.23. The monoisotopic (exact) mass is 267 g/mol. The number of pyridine rings is 1. The number of non-ortho nitro benzene ring substituents is 1. The van der Waals surface area contributed by atoms with E-state index in [2.05, 4.69) is 10.3 Å². The smallest absolute Gasteiger partial charge is 0.270 e. The minimum atomic E-state index is -0.485. The molecule has 3 rings (SSSR count). The van der Waals surface area contributed by atoms with Gasteiger partial charge in [-0.2, -0.15) is 0 Å². The first-order valence-corrected chi connectivity index (χ1v) is 5.88. The Morgan fingerprint density at radius 2 is 2.10 bits per heavy atom. The Morgan fingerprint density at radius 3 is 2.80 bits per heavy atom. The minimum absolute atomic E-state index is 0.0489. The Labute approximate surface area is 113 Å². The van der Waals surface area contributed by atoms with Gasteiger partial charge in [0.05, 0.1) is 16.2 Å². The molecule has 0 saturated heterocycles. The van der Waals surface area contributed by atoms with Crippen LogP contribution in [0.25, 0.3) is 11.6 Å². The molecule has 6 nitrogen and oxygen atoms in total. The fourth-order valence-electron chi connectivity index (χ4n) is 2.04. The SMILES string of the molecule is O=C1Nc2ccc([N+](=O)[O-])cc2C1=Cc1ccccn1. The van der Waals surface area contributed by atoms with Crippen LogP contribution in [0.15, 0.2) is 42.6 Å². The molecule has 1 N–H and O–H groups in total. The van der Waals surface area contributed by atoms with Crippen LogP contribution in [0, 0.1) is 10.1 Å². The third-order valence-electron chi connectivity index (χ3n) is 2.98. The molecule has 0 atom stereocenters. The van der Waals surface area contributed by atoms with Crippen LogP contribution in [0.1, 0.15) is 11.3 Å². The van der Waals surface area contributed by atoms with Crippen LogP contribution in [-0.2, 0) is 4.79 Å². The standard InChI is InChI=1S/C14H9N3O3/c18-14-12(7-9-3-1-2-6-15-9)11-8-10(17(19)20)4-5-13(11)16-14/h1-8H,(H,16,18). The summed E-state index contributed by atoms with van der Waals surface area (Å²) >= 11 is 0. The average Bonchev–Trinajstić information content (AvgIpc) is 2.75. The van der Waals surface area contributed by atoms with Crippen molar-refractivity contribution < 1.29 is 9.72 Å².